The summed E-state index contributed by atoms with van der Waals surface area (Å²) in [6, 6.07) is 16.0. The van der Waals surface area contributed by atoms with Crippen LogP contribution in [0.1, 0.15) is 27.9 Å². The number of nitrogens with zero attached hydrogens (tertiary/aromatic N) is 3. The van der Waals surface area contributed by atoms with E-state index in [-0.39, 0.29) is 6.61 Å². The molecule has 1 aliphatic rings. The minimum atomic E-state index is -0.0988. The zero-order chi connectivity index (χ0) is 23.7. The Bertz CT molecular complexity index is 1360. The van der Waals surface area contributed by atoms with Crippen LogP contribution in [0, 0.1) is 6.92 Å². The molecule has 5 rings (SSSR count). The third kappa shape index (κ3) is 4.53. The van der Waals surface area contributed by atoms with Gasteiger partial charge in [0.2, 0.25) is 5.88 Å². The van der Waals surface area contributed by atoms with Gasteiger partial charge in [-0.2, -0.15) is 4.98 Å². The first-order valence-electron chi connectivity index (χ1n) is 10.7. The SMILES string of the molecule is COc1cccc(-c2nc3c(c(SCc4ccc(Br)cc4)n2)Cc2c(CO)cnc(C)c2O3)c1. The number of aryl methyl sites for hydroxylation is 1. The summed E-state index contributed by atoms with van der Waals surface area (Å²) in [5, 5.41) is 10.7. The average Bonchev–Trinajstić information content (AvgIpc) is 2.87. The number of benzene rings is 2. The third-order valence-corrected chi connectivity index (χ3v) is 7.29. The van der Waals surface area contributed by atoms with Gasteiger partial charge in [0.15, 0.2) is 11.6 Å². The molecular weight excluding hydrogens is 514 g/mol. The van der Waals surface area contributed by atoms with E-state index in [0.717, 1.165) is 48.9 Å². The number of aliphatic hydroxyl groups excluding tert-OH is 1. The zero-order valence-electron chi connectivity index (χ0n) is 18.7. The Morgan fingerprint density at radius 3 is 2.71 bits per heavy atom. The number of aromatic nitrogens is 3. The van der Waals surface area contributed by atoms with Crippen LogP contribution in [0.15, 0.2) is 64.2 Å². The van der Waals surface area contributed by atoms with Crippen LogP contribution in [-0.4, -0.2) is 27.2 Å². The van der Waals surface area contributed by atoms with Crippen molar-refractivity contribution in [1.29, 1.82) is 0 Å². The topological polar surface area (TPSA) is 77.4 Å². The Morgan fingerprint density at radius 2 is 1.94 bits per heavy atom. The molecule has 0 atom stereocenters. The average molecular weight is 536 g/mol. The molecule has 0 amide bonds. The van der Waals surface area contributed by atoms with Gasteiger partial charge in [0.1, 0.15) is 10.8 Å². The number of hydrogen-bond acceptors (Lipinski definition) is 7. The van der Waals surface area contributed by atoms with Gasteiger partial charge in [-0.25, -0.2) is 4.98 Å². The van der Waals surface area contributed by atoms with Gasteiger partial charge in [0, 0.05) is 39.5 Å². The third-order valence-electron chi connectivity index (χ3n) is 5.67. The van der Waals surface area contributed by atoms with E-state index in [4.69, 9.17) is 19.4 Å². The molecule has 172 valence electrons. The molecule has 3 heterocycles. The number of halogens is 1. The van der Waals surface area contributed by atoms with Crippen molar-refractivity contribution >= 4 is 27.7 Å². The van der Waals surface area contributed by atoms with Crippen LogP contribution < -0.4 is 9.47 Å². The molecule has 0 bridgehead atoms. The van der Waals surface area contributed by atoms with E-state index in [2.05, 4.69) is 33.0 Å². The summed E-state index contributed by atoms with van der Waals surface area (Å²) in [6.45, 7) is 1.80. The Labute approximate surface area is 210 Å². The molecule has 8 heteroatoms. The minimum Gasteiger partial charge on any atom is -0.497 e. The van der Waals surface area contributed by atoms with Gasteiger partial charge in [-0.1, -0.05) is 40.2 Å². The monoisotopic (exact) mass is 535 g/mol. The van der Waals surface area contributed by atoms with Crippen molar-refractivity contribution in [2.24, 2.45) is 0 Å². The second kappa shape index (κ2) is 9.74. The number of ether oxygens (including phenoxy) is 2. The molecule has 2 aromatic carbocycles. The Kier molecular flexibility index (Phi) is 6.54. The van der Waals surface area contributed by atoms with Crippen molar-refractivity contribution in [1.82, 2.24) is 15.0 Å². The second-order valence-electron chi connectivity index (χ2n) is 7.90. The molecule has 2 aromatic heterocycles. The number of rotatable bonds is 6. The molecule has 0 unspecified atom stereocenters. The fourth-order valence-electron chi connectivity index (χ4n) is 3.84. The van der Waals surface area contributed by atoms with Gasteiger partial charge in [0.05, 0.1) is 25.0 Å². The molecule has 0 aliphatic carbocycles. The highest BCUT2D eigenvalue weighted by Gasteiger charge is 2.27. The van der Waals surface area contributed by atoms with E-state index in [9.17, 15) is 5.11 Å². The van der Waals surface area contributed by atoms with Crippen LogP contribution in [-0.2, 0) is 18.8 Å². The van der Waals surface area contributed by atoms with Gasteiger partial charge in [-0.15, -0.1) is 11.8 Å². The molecule has 0 saturated carbocycles. The molecule has 4 aromatic rings. The largest absolute Gasteiger partial charge is 0.497 e. The summed E-state index contributed by atoms with van der Waals surface area (Å²) < 4.78 is 12.7. The maximum Gasteiger partial charge on any atom is 0.227 e. The summed E-state index contributed by atoms with van der Waals surface area (Å²) in [4.78, 5) is 14.1. The molecule has 0 spiro atoms. The van der Waals surface area contributed by atoms with Crippen LogP contribution in [0.3, 0.4) is 0 Å². The molecule has 0 saturated heterocycles. The van der Waals surface area contributed by atoms with Crippen molar-refractivity contribution in [2.75, 3.05) is 7.11 Å². The van der Waals surface area contributed by atoms with E-state index in [0.29, 0.717) is 23.9 Å². The first kappa shape index (κ1) is 22.8. The fraction of sp³-hybridized carbons (Fsp3) is 0.192. The summed E-state index contributed by atoms with van der Waals surface area (Å²) in [6.07, 6.45) is 2.29. The van der Waals surface area contributed by atoms with Gasteiger partial charge in [0.25, 0.3) is 0 Å². The number of pyridine rings is 1. The summed E-state index contributed by atoms with van der Waals surface area (Å²) in [5.74, 6) is 3.26. The highest BCUT2D eigenvalue weighted by atomic mass is 79.9. The quantitative estimate of drug-likeness (QED) is 0.208. The lowest BCUT2D eigenvalue weighted by molar-refractivity contribution is 0.278. The van der Waals surface area contributed by atoms with Crippen LogP contribution >= 0.6 is 27.7 Å². The smallest absolute Gasteiger partial charge is 0.227 e. The Hall–Kier alpha value is -2.94. The molecular formula is C26H22BrN3O3S. The predicted molar refractivity (Wildman–Crippen MR) is 135 cm³/mol. The zero-order valence-corrected chi connectivity index (χ0v) is 21.1. The predicted octanol–water partition coefficient (Wildman–Crippen LogP) is 6.10. The minimum absolute atomic E-state index is 0.0988. The number of methoxy groups -OCH3 is 1. The second-order valence-corrected chi connectivity index (χ2v) is 9.78. The standard InChI is InChI=1S/C26H22BrN3O3S/c1-15-23-21(18(13-31)12-28-15)11-22-25(33-23)29-24(17-4-3-5-20(10-17)32-2)30-26(22)34-14-16-6-8-19(27)9-7-16/h3-10,12,31H,11,13-14H2,1-2H3. The van der Waals surface area contributed by atoms with E-state index < -0.39 is 0 Å². The van der Waals surface area contributed by atoms with E-state index >= 15 is 0 Å². The lowest BCUT2D eigenvalue weighted by Crippen LogP contribution is -2.13. The van der Waals surface area contributed by atoms with Crippen LogP contribution in [0.4, 0.5) is 0 Å². The lowest BCUT2D eigenvalue weighted by Gasteiger charge is -2.24. The summed E-state index contributed by atoms with van der Waals surface area (Å²) in [5.41, 5.74) is 5.42. The normalized spacial score (nSPS) is 12.0. The Balaban J connectivity index is 1.59. The molecule has 34 heavy (non-hydrogen) atoms. The first-order valence-corrected chi connectivity index (χ1v) is 12.5. The van der Waals surface area contributed by atoms with E-state index in [1.807, 2.05) is 43.3 Å². The summed E-state index contributed by atoms with van der Waals surface area (Å²) >= 11 is 5.14. The molecule has 0 fully saturated rings. The first-order chi connectivity index (χ1) is 16.6. The van der Waals surface area contributed by atoms with Crippen LogP contribution in [0.2, 0.25) is 0 Å². The van der Waals surface area contributed by atoms with Gasteiger partial charge in [-0.3, -0.25) is 4.98 Å². The Morgan fingerprint density at radius 1 is 1.12 bits per heavy atom. The van der Waals surface area contributed by atoms with Crippen molar-refractivity contribution in [2.45, 2.75) is 30.7 Å². The van der Waals surface area contributed by atoms with Gasteiger partial charge in [-0.05, 0) is 36.8 Å². The van der Waals surface area contributed by atoms with Crippen molar-refractivity contribution in [3.8, 4) is 28.8 Å². The number of thioether (sulfide) groups is 1. The van der Waals surface area contributed by atoms with Gasteiger partial charge < -0.3 is 14.6 Å². The van der Waals surface area contributed by atoms with Crippen molar-refractivity contribution < 1.29 is 14.6 Å². The highest BCUT2D eigenvalue weighted by molar-refractivity contribution is 9.10. The molecule has 0 radical (unpaired) electrons. The van der Waals surface area contributed by atoms with Crippen molar-refractivity contribution in [3.63, 3.8) is 0 Å². The lowest BCUT2D eigenvalue weighted by atomic mass is 9.99. The number of fused-ring (bicyclic) bond motifs is 2. The maximum absolute atomic E-state index is 9.87. The van der Waals surface area contributed by atoms with E-state index in [1.165, 1.54) is 5.56 Å². The van der Waals surface area contributed by atoms with Crippen molar-refractivity contribution in [3.05, 3.63) is 87.1 Å². The number of hydrogen-bond donors (Lipinski definition) is 1. The maximum atomic E-state index is 9.87. The van der Waals surface area contributed by atoms with Gasteiger partial charge >= 0.3 is 0 Å². The fourth-order valence-corrected chi connectivity index (χ4v) is 5.08. The number of aliphatic hydroxyl groups is 1. The molecule has 1 N–H and O–H groups in total. The summed E-state index contributed by atoms with van der Waals surface area (Å²) in [7, 11) is 1.64. The molecule has 1 aliphatic heterocycles. The van der Waals surface area contributed by atoms with E-state index in [1.54, 1.807) is 25.1 Å². The van der Waals surface area contributed by atoms with Crippen LogP contribution in [0.25, 0.3) is 11.4 Å². The molecule has 6 nitrogen and oxygen atoms in total. The highest BCUT2D eigenvalue weighted by Crippen LogP contribution is 2.43. The van der Waals surface area contributed by atoms with Crippen LogP contribution in [0.5, 0.6) is 17.4 Å².